The molecule has 0 saturated heterocycles. The van der Waals surface area contributed by atoms with Crippen molar-refractivity contribution in [3.8, 4) is 0 Å². The summed E-state index contributed by atoms with van der Waals surface area (Å²) in [6, 6.07) is 0. The van der Waals surface area contributed by atoms with Crippen LogP contribution in [0.25, 0.3) is 0 Å². The van der Waals surface area contributed by atoms with Crippen LogP contribution in [-0.2, 0) is 0 Å². The maximum absolute atomic E-state index is 10.5. The topological polar surface area (TPSA) is 76.2 Å². The standard InChI is InChI=1S/C6H3Cl3N2O2.Na.H/c7-1-3(10)2(8)5(9)11-4(1)6(12)13;;/h(H2,10,11)(H,12,13);;. The van der Waals surface area contributed by atoms with Gasteiger partial charge in [-0.05, 0) is 0 Å². The van der Waals surface area contributed by atoms with Crippen molar-refractivity contribution in [3.63, 3.8) is 0 Å². The van der Waals surface area contributed by atoms with Crippen LogP contribution in [0, 0.1) is 0 Å². The molecule has 72 valence electrons. The van der Waals surface area contributed by atoms with Gasteiger partial charge >= 0.3 is 35.5 Å². The Kier molecular flexibility index (Phi) is 5.51. The van der Waals surface area contributed by atoms with E-state index in [1.165, 1.54) is 0 Å². The average molecular weight is 265 g/mol. The third-order valence-electron chi connectivity index (χ3n) is 1.27. The van der Waals surface area contributed by atoms with Gasteiger partial charge in [-0.25, -0.2) is 9.78 Å². The number of aromatic nitrogens is 1. The van der Waals surface area contributed by atoms with Crippen LogP contribution in [-0.4, -0.2) is 45.6 Å². The Balaban J connectivity index is 0.00000169. The first-order chi connectivity index (χ1) is 5.95. The molecule has 0 bridgehead atoms. The Hall–Kier alpha value is 0.290. The summed E-state index contributed by atoms with van der Waals surface area (Å²) in [5.74, 6) is -1.31. The minimum absolute atomic E-state index is 0. The van der Waals surface area contributed by atoms with E-state index in [0.29, 0.717) is 0 Å². The summed E-state index contributed by atoms with van der Waals surface area (Å²) >= 11 is 16.6. The molecule has 0 radical (unpaired) electrons. The molecule has 0 spiro atoms. The molecule has 0 aliphatic rings. The Labute approximate surface area is 117 Å². The van der Waals surface area contributed by atoms with Crippen LogP contribution in [0.1, 0.15) is 10.5 Å². The number of carboxylic acid groups (broad SMARTS) is 1. The zero-order chi connectivity index (χ0) is 10.2. The Morgan fingerprint density at radius 2 is 1.79 bits per heavy atom. The fourth-order valence-corrected chi connectivity index (χ4v) is 1.26. The summed E-state index contributed by atoms with van der Waals surface area (Å²) < 4.78 is 0. The summed E-state index contributed by atoms with van der Waals surface area (Å²) in [5.41, 5.74) is 4.88. The summed E-state index contributed by atoms with van der Waals surface area (Å²) in [4.78, 5) is 14.0. The van der Waals surface area contributed by atoms with Gasteiger partial charge in [-0.3, -0.25) is 0 Å². The van der Waals surface area contributed by atoms with Crippen molar-refractivity contribution < 1.29 is 9.90 Å². The number of carboxylic acids is 1. The third kappa shape index (κ3) is 2.66. The van der Waals surface area contributed by atoms with Gasteiger partial charge in [0.15, 0.2) is 10.8 Å². The SMILES string of the molecule is Nc1c(Cl)c(Cl)nc(C(=O)O)c1Cl.[NaH]. The summed E-state index contributed by atoms with van der Waals surface area (Å²) in [7, 11) is 0. The van der Waals surface area contributed by atoms with Crippen molar-refractivity contribution in [2.45, 2.75) is 0 Å². The number of anilines is 1. The van der Waals surface area contributed by atoms with Crippen LogP contribution in [0.2, 0.25) is 15.2 Å². The van der Waals surface area contributed by atoms with Crippen LogP contribution in [0.5, 0.6) is 0 Å². The van der Waals surface area contributed by atoms with E-state index in [1.54, 1.807) is 0 Å². The van der Waals surface area contributed by atoms with E-state index in [0.717, 1.165) is 0 Å². The fourth-order valence-electron chi connectivity index (χ4n) is 0.673. The van der Waals surface area contributed by atoms with Gasteiger partial charge in [0.1, 0.15) is 5.02 Å². The van der Waals surface area contributed by atoms with Gasteiger partial charge in [0, 0.05) is 0 Å². The number of nitrogens with two attached hydrogens (primary N) is 1. The average Bonchev–Trinajstić information content (AvgIpc) is 2.07. The third-order valence-corrected chi connectivity index (χ3v) is 2.41. The molecule has 3 N–H and O–H groups in total. The fraction of sp³-hybridized carbons (Fsp3) is 0. The number of pyridine rings is 1. The van der Waals surface area contributed by atoms with Crippen LogP contribution < -0.4 is 5.73 Å². The molecule has 0 aliphatic carbocycles. The summed E-state index contributed by atoms with van der Waals surface area (Å²) in [6.45, 7) is 0. The Morgan fingerprint density at radius 3 is 2.21 bits per heavy atom. The van der Waals surface area contributed by atoms with Gasteiger partial charge in [0.2, 0.25) is 0 Å². The van der Waals surface area contributed by atoms with Gasteiger partial charge in [-0.2, -0.15) is 0 Å². The van der Waals surface area contributed by atoms with Crippen molar-refractivity contribution in [1.82, 2.24) is 4.98 Å². The van der Waals surface area contributed by atoms with E-state index in [2.05, 4.69) is 4.98 Å². The van der Waals surface area contributed by atoms with Crippen molar-refractivity contribution in [2.24, 2.45) is 0 Å². The number of hydrogen-bond donors (Lipinski definition) is 2. The van der Waals surface area contributed by atoms with Gasteiger partial charge < -0.3 is 10.8 Å². The van der Waals surface area contributed by atoms with Gasteiger partial charge in [0.25, 0.3) is 0 Å². The number of carbonyl (C=O) groups is 1. The molecule has 4 nitrogen and oxygen atoms in total. The molecule has 0 unspecified atom stereocenters. The minimum atomic E-state index is -1.31. The molecule has 14 heavy (non-hydrogen) atoms. The van der Waals surface area contributed by atoms with E-state index in [9.17, 15) is 4.79 Å². The Morgan fingerprint density at radius 1 is 1.29 bits per heavy atom. The normalized spacial score (nSPS) is 9.36. The van der Waals surface area contributed by atoms with Crippen molar-refractivity contribution in [1.29, 1.82) is 0 Å². The van der Waals surface area contributed by atoms with Crippen molar-refractivity contribution >= 4 is 76.0 Å². The van der Waals surface area contributed by atoms with E-state index in [1.807, 2.05) is 0 Å². The monoisotopic (exact) mass is 264 g/mol. The first-order valence-electron chi connectivity index (χ1n) is 2.98. The first-order valence-corrected chi connectivity index (χ1v) is 4.11. The molecule has 0 saturated carbocycles. The van der Waals surface area contributed by atoms with Crippen LogP contribution in [0.3, 0.4) is 0 Å². The second-order valence-corrected chi connectivity index (χ2v) is 3.21. The molecule has 0 amide bonds. The number of hydrogen-bond acceptors (Lipinski definition) is 3. The predicted octanol–water partition coefficient (Wildman–Crippen LogP) is 1.67. The summed E-state index contributed by atoms with van der Waals surface area (Å²) in [6.07, 6.45) is 0. The van der Waals surface area contributed by atoms with E-state index in [-0.39, 0.29) is 50.4 Å². The number of aromatic carboxylic acids is 1. The maximum atomic E-state index is 10.5. The molecule has 1 heterocycles. The molecule has 0 atom stereocenters. The van der Waals surface area contributed by atoms with Gasteiger partial charge in [-0.15, -0.1) is 0 Å². The molecular formula is C6H4Cl3N2NaO2. The molecule has 0 aromatic carbocycles. The van der Waals surface area contributed by atoms with E-state index in [4.69, 9.17) is 45.6 Å². The number of nitrogens with zero attached hydrogens (tertiary/aromatic N) is 1. The molecule has 8 heteroatoms. The molecular weight excluding hydrogens is 261 g/mol. The van der Waals surface area contributed by atoms with Crippen LogP contribution >= 0.6 is 34.8 Å². The quantitative estimate of drug-likeness (QED) is 0.598. The van der Waals surface area contributed by atoms with Crippen molar-refractivity contribution in [2.75, 3.05) is 5.73 Å². The number of nitrogen functional groups attached to an aromatic ring is 1. The summed E-state index contributed by atoms with van der Waals surface area (Å²) in [5, 5.41) is 8.17. The first kappa shape index (κ1) is 14.3. The number of halogens is 3. The number of rotatable bonds is 1. The zero-order valence-corrected chi connectivity index (χ0v) is 8.28. The zero-order valence-electron chi connectivity index (χ0n) is 6.01. The molecule has 0 fully saturated rings. The second-order valence-electron chi connectivity index (χ2n) is 2.10. The van der Waals surface area contributed by atoms with Crippen molar-refractivity contribution in [3.05, 3.63) is 20.9 Å². The van der Waals surface area contributed by atoms with Gasteiger partial charge in [0.05, 0.1) is 10.7 Å². The molecule has 1 aromatic heterocycles. The molecule has 0 aliphatic heterocycles. The Bertz CT molecular complexity index is 386. The second kappa shape index (κ2) is 5.39. The van der Waals surface area contributed by atoms with E-state index < -0.39 is 11.7 Å². The molecule has 1 rings (SSSR count). The van der Waals surface area contributed by atoms with Crippen LogP contribution in [0.15, 0.2) is 0 Å². The van der Waals surface area contributed by atoms with Gasteiger partial charge in [-0.1, -0.05) is 34.8 Å². The van der Waals surface area contributed by atoms with Crippen LogP contribution in [0.4, 0.5) is 5.69 Å². The van der Waals surface area contributed by atoms with E-state index >= 15 is 0 Å². The molecule has 1 aromatic rings. The predicted molar refractivity (Wildman–Crippen MR) is 57.8 cm³/mol.